The van der Waals surface area contributed by atoms with Crippen LogP contribution in [0.3, 0.4) is 0 Å². The minimum absolute atomic E-state index is 0.218. The summed E-state index contributed by atoms with van der Waals surface area (Å²) < 4.78 is 5.13. The van der Waals surface area contributed by atoms with Gasteiger partial charge in [0.25, 0.3) is 0 Å². The summed E-state index contributed by atoms with van der Waals surface area (Å²) in [5, 5.41) is 13.2. The molecule has 0 unspecified atom stereocenters. The minimum Gasteiger partial charge on any atom is -0.462 e. The third-order valence-corrected chi connectivity index (χ3v) is 6.96. The number of nitrogens with one attached hydrogen (secondary N) is 1. The Kier molecular flexibility index (Phi) is 8.09. The van der Waals surface area contributed by atoms with E-state index in [-0.39, 0.29) is 12.6 Å². The highest BCUT2D eigenvalue weighted by atomic mass is 32.1. The number of hydrogen-bond acceptors (Lipinski definition) is 11. The summed E-state index contributed by atoms with van der Waals surface area (Å²) in [6.07, 6.45) is 5.43. The first-order valence-electron chi connectivity index (χ1n) is 11.7. The third kappa shape index (κ3) is 6.23. The van der Waals surface area contributed by atoms with Gasteiger partial charge in [-0.3, -0.25) is 10.3 Å². The lowest BCUT2D eigenvalue weighted by Crippen LogP contribution is -2.35. The number of aromatic nitrogens is 4. The predicted molar refractivity (Wildman–Crippen MR) is 136 cm³/mol. The summed E-state index contributed by atoms with van der Waals surface area (Å²) >= 11 is 1.22. The summed E-state index contributed by atoms with van der Waals surface area (Å²) in [7, 11) is 1.98. The molecule has 1 fully saturated rings. The molecule has 0 bridgehead atoms. The number of ether oxygens (including phenoxy) is 1. The van der Waals surface area contributed by atoms with Crippen LogP contribution in [-0.4, -0.2) is 64.4 Å². The van der Waals surface area contributed by atoms with E-state index < -0.39 is 0 Å². The van der Waals surface area contributed by atoms with Gasteiger partial charge in [-0.05, 0) is 44.2 Å². The van der Waals surface area contributed by atoms with Crippen LogP contribution in [-0.2, 0) is 11.3 Å². The monoisotopic (exact) mass is 497 g/mol. The zero-order valence-corrected chi connectivity index (χ0v) is 21.1. The van der Waals surface area contributed by atoms with Crippen molar-refractivity contribution >= 4 is 40.0 Å². The molecule has 4 heterocycles. The number of aliphatic hydroxyl groups excluding tert-OH is 1. The predicted octanol–water partition coefficient (Wildman–Crippen LogP) is 3.40. The quantitative estimate of drug-likeness (QED) is 0.426. The molecule has 0 aromatic carbocycles. The number of aryl methyl sites for hydroxylation is 1. The van der Waals surface area contributed by atoms with E-state index in [1.54, 1.807) is 20.0 Å². The van der Waals surface area contributed by atoms with Crippen molar-refractivity contribution in [2.45, 2.75) is 33.2 Å². The van der Waals surface area contributed by atoms with Crippen molar-refractivity contribution in [1.29, 1.82) is 0 Å². The van der Waals surface area contributed by atoms with Crippen molar-refractivity contribution in [3.8, 4) is 0 Å². The molecule has 35 heavy (non-hydrogen) atoms. The topological polar surface area (TPSA) is 117 Å². The number of nitrogens with zero attached hydrogens (tertiary/aromatic N) is 6. The van der Waals surface area contributed by atoms with Gasteiger partial charge < -0.3 is 19.6 Å². The van der Waals surface area contributed by atoms with Crippen LogP contribution in [0, 0.1) is 12.8 Å². The molecule has 0 aliphatic carbocycles. The summed E-state index contributed by atoms with van der Waals surface area (Å²) in [4.78, 5) is 35.1. The summed E-state index contributed by atoms with van der Waals surface area (Å²) in [6, 6.07) is 5.93. The number of thiazole rings is 1. The molecule has 0 radical (unpaired) electrons. The van der Waals surface area contributed by atoms with Crippen LogP contribution in [0.15, 0.2) is 30.6 Å². The molecular formula is C24H31N7O3S. The molecule has 10 nitrogen and oxygen atoms in total. The second-order valence-corrected chi connectivity index (χ2v) is 9.52. The Hall–Kier alpha value is -3.31. The molecule has 0 spiro atoms. The second kappa shape index (κ2) is 11.4. The van der Waals surface area contributed by atoms with Gasteiger partial charge in [-0.15, -0.1) is 0 Å². The standard InChI is InChI=1S/C24H31N7O3S/c1-4-34-22(33)21-16(2)26-24(35-21)29-23-27-19(30(3)14-18-6-5-9-25-13-18)12-20(28-23)31-10-7-17(15-32)8-11-31/h5-6,9,12-13,17,32H,4,7-8,10-11,14-15H2,1-3H3,(H,26,27,28,29). The Morgan fingerprint density at radius 2 is 2.11 bits per heavy atom. The number of hydrogen-bond donors (Lipinski definition) is 2. The maximum atomic E-state index is 12.2. The normalized spacial score (nSPS) is 14.1. The molecule has 1 aliphatic rings. The van der Waals surface area contributed by atoms with Crippen LogP contribution in [0.4, 0.5) is 22.7 Å². The van der Waals surface area contributed by atoms with E-state index in [2.05, 4.69) is 20.2 Å². The molecule has 4 rings (SSSR count). The fourth-order valence-electron chi connectivity index (χ4n) is 3.96. The molecule has 3 aromatic heterocycles. The molecule has 11 heteroatoms. The fraction of sp³-hybridized carbons (Fsp3) is 0.458. The van der Waals surface area contributed by atoms with Gasteiger partial charge in [0.15, 0.2) is 5.13 Å². The average molecular weight is 498 g/mol. The van der Waals surface area contributed by atoms with Crippen molar-refractivity contribution in [3.63, 3.8) is 0 Å². The van der Waals surface area contributed by atoms with Gasteiger partial charge in [-0.2, -0.15) is 9.97 Å². The van der Waals surface area contributed by atoms with Crippen LogP contribution in [0.25, 0.3) is 0 Å². The zero-order chi connectivity index (χ0) is 24.8. The number of pyridine rings is 1. The van der Waals surface area contributed by atoms with Gasteiger partial charge in [0.1, 0.15) is 16.5 Å². The molecule has 3 aromatic rings. The lowest BCUT2D eigenvalue weighted by atomic mass is 9.98. The number of carbonyl (C=O) groups is 1. The van der Waals surface area contributed by atoms with E-state index in [9.17, 15) is 9.90 Å². The lowest BCUT2D eigenvalue weighted by Gasteiger charge is -2.32. The van der Waals surface area contributed by atoms with Crippen LogP contribution in [0.5, 0.6) is 0 Å². The average Bonchev–Trinajstić information content (AvgIpc) is 3.24. The first-order chi connectivity index (χ1) is 17.0. The first-order valence-corrected chi connectivity index (χ1v) is 12.5. The highest BCUT2D eigenvalue weighted by molar-refractivity contribution is 7.17. The van der Waals surface area contributed by atoms with Crippen LogP contribution in [0.2, 0.25) is 0 Å². The van der Waals surface area contributed by atoms with E-state index in [0.717, 1.165) is 43.1 Å². The molecule has 1 aliphatic heterocycles. The minimum atomic E-state index is -0.381. The summed E-state index contributed by atoms with van der Waals surface area (Å²) in [6.45, 7) is 6.36. The third-order valence-electron chi connectivity index (χ3n) is 5.91. The van der Waals surface area contributed by atoms with Gasteiger partial charge in [0.05, 0.1) is 12.3 Å². The maximum absolute atomic E-state index is 12.2. The number of aliphatic hydroxyl groups is 1. The smallest absolute Gasteiger partial charge is 0.350 e. The summed E-state index contributed by atoms with van der Waals surface area (Å²) in [5.41, 5.74) is 1.68. The highest BCUT2D eigenvalue weighted by Crippen LogP contribution is 2.29. The van der Waals surface area contributed by atoms with E-state index in [1.165, 1.54) is 11.3 Å². The molecule has 186 valence electrons. The Morgan fingerprint density at radius 3 is 2.80 bits per heavy atom. The molecule has 1 saturated heterocycles. The van der Waals surface area contributed by atoms with E-state index >= 15 is 0 Å². The van der Waals surface area contributed by atoms with Crippen molar-refractivity contribution in [3.05, 3.63) is 46.7 Å². The Labute approximate surface area is 209 Å². The Morgan fingerprint density at radius 1 is 1.31 bits per heavy atom. The molecular weight excluding hydrogens is 466 g/mol. The van der Waals surface area contributed by atoms with E-state index in [0.29, 0.717) is 40.7 Å². The molecule has 2 N–H and O–H groups in total. The molecule has 0 atom stereocenters. The maximum Gasteiger partial charge on any atom is 0.350 e. The number of esters is 1. The van der Waals surface area contributed by atoms with Gasteiger partial charge in [-0.25, -0.2) is 9.78 Å². The number of anilines is 4. The van der Waals surface area contributed by atoms with E-state index in [1.807, 2.05) is 36.3 Å². The van der Waals surface area contributed by atoms with Crippen LogP contribution >= 0.6 is 11.3 Å². The second-order valence-electron chi connectivity index (χ2n) is 8.52. The molecule has 0 saturated carbocycles. The number of rotatable bonds is 9. The number of piperidine rings is 1. The SMILES string of the molecule is CCOC(=O)c1sc(Nc2nc(N(C)Cc3cccnc3)cc(N3CCC(CO)CC3)n2)nc1C. The Bertz CT molecular complexity index is 1130. The van der Waals surface area contributed by atoms with Gasteiger partial charge in [-0.1, -0.05) is 17.4 Å². The van der Waals surface area contributed by atoms with Crippen molar-refractivity contribution in [2.75, 3.05) is 48.5 Å². The van der Waals surface area contributed by atoms with E-state index in [4.69, 9.17) is 14.7 Å². The fourth-order valence-corrected chi connectivity index (χ4v) is 4.81. The van der Waals surface area contributed by atoms with Crippen molar-refractivity contribution in [2.24, 2.45) is 5.92 Å². The number of carbonyl (C=O) groups excluding carboxylic acids is 1. The van der Waals surface area contributed by atoms with Crippen molar-refractivity contribution in [1.82, 2.24) is 19.9 Å². The molecule has 0 amide bonds. The van der Waals surface area contributed by atoms with Crippen LogP contribution < -0.4 is 15.1 Å². The lowest BCUT2D eigenvalue weighted by molar-refractivity contribution is 0.0531. The van der Waals surface area contributed by atoms with Gasteiger partial charge in [0, 0.05) is 51.7 Å². The largest absolute Gasteiger partial charge is 0.462 e. The highest BCUT2D eigenvalue weighted by Gasteiger charge is 2.22. The van der Waals surface area contributed by atoms with Crippen LogP contribution in [0.1, 0.15) is 40.7 Å². The van der Waals surface area contributed by atoms with Gasteiger partial charge >= 0.3 is 5.97 Å². The van der Waals surface area contributed by atoms with Crippen molar-refractivity contribution < 1.29 is 14.6 Å². The summed E-state index contributed by atoms with van der Waals surface area (Å²) in [5.74, 6) is 1.92. The Balaban J connectivity index is 1.61. The zero-order valence-electron chi connectivity index (χ0n) is 20.3. The van der Waals surface area contributed by atoms with Gasteiger partial charge in [0.2, 0.25) is 5.95 Å². The first kappa shape index (κ1) is 24.8.